The van der Waals surface area contributed by atoms with Crippen LogP contribution in [0.25, 0.3) is 0 Å². The molecule has 0 spiro atoms. The number of fused-ring (bicyclic) bond motifs is 1. The van der Waals surface area contributed by atoms with Gasteiger partial charge in [0, 0.05) is 42.4 Å². The van der Waals surface area contributed by atoms with Crippen LogP contribution in [0.4, 0.5) is 11.5 Å². The van der Waals surface area contributed by atoms with E-state index in [1.165, 1.54) is 12.8 Å². The van der Waals surface area contributed by atoms with E-state index in [0.717, 1.165) is 32.6 Å². The number of rotatable bonds is 2. The molecule has 2 fully saturated rings. The highest BCUT2D eigenvalue weighted by Crippen LogP contribution is 2.31. The van der Waals surface area contributed by atoms with Gasteiger partial charge in [-0.2, -0.15) is 0 Å². The Hall–Kier alpha value is -1.21. The molecule has 0 radical (unpaired) electrons. The number of halogens is 1. The lowest BCUT2D eigenvalue weighted by Crippen LogP contribution is -2.37. The van der Waals surface area contributed by atoms with E-state index in [2.05, 4.69) is 30.7 Å². The molecule has 2 aliphatic rings. The second kappa shape index (κ2) is 5.65. The maximum absolute atomic E-state index is 11.2. The number of aromatic nitrogens is 1. The normalized spacial score (nSPS) is 23.4. The molecule has 108 valence electrons. The predicted molar refractivity (Wildman–Crippen MR) is 80.0 cm³/mol. The summed E-state index contributed by atoms with van der Waals surface area (Å²) >= 11 is 3.26. The SMILES string of the molecule is O=[N+]([O-])c1cc(Br)cnc1N1CCCN2CCCC2C1. The summed E-state index contributed by atoms with van der Waals surface area (Å²) in [5.74, 6) is 0.506. The van der Waals surface area contributed by atoms with E-state index in [9.17, 15) is 10.1 Å². The average Bonchev–Trinajstić information content (AvgIpc) is 2.76. The number of hydrogen-bond donors (Lipinski definition) is 0. The van der Waals surface area contributed by atoms with Gasteiger partial charge in [-0.15, -0.1) is 0 Å². The van der Waals surface area contributed by atoms with Crippen molar-refractivity contribution in [2.75, 3.05) is 31.1 Å². The zero-order chi connectivity index (χ0) is 14.1. The third kappa shape index (κ3) is 2.64. The zero-order valence-corrected chi connectivity index (χ0v) is 12.8. The molecule has 20 heavy (non-hydrogen) atoms. The summed E-state index contributed by atoms with van der Waals surface area (Å²) < 4.78 is 0.644. The van der Waals surface area contributed by atoms with E-state index in [1.807, 2.05) is 0 Å². The molecule has 0 amide bonds. The molecule has 1 aromatic heterocycles. The van der Waals surface area contributed by atoms with Crippen molar-refractivity contribution in [2.24, 2.45) is 0 Å². The van der Waals surface area contributed by atoms with Gasteiger partial charge in [0.05, 0.1) is 4.92 Å². The van der Waals surface area contributed by atoms with Crippen LogP contribution in [0.5, 0.6) is 0 Å². The Bertz CT molecular complexity index is 525. The highest BCUT2D eigenvalue weighted by molar-refractivity contribution is 9.10. The first kappa shape index (κ1) is 13.8. The van der Waals surface area contributed by atoms with Crippen LogP contribution in [0.15, 0.2) is 16.7 Å². The molecule has 7 heteroatoms. The molecule has 2 saturated heterocycles. The van der Waals surface area contributed by atoms with Gasteiger partial charge in [0.15, 0.2) is 0 Å². The summed E-state index contributed by atoms with van der Waals surface area (Å²) in [4.78, 5) is 19.8. The van der Waals surface area contributed by atoms with E-state index in [-0.39, 0.29) is 10.6 Å². The van der Waals surface area contributed by atoms with Gasteiger partial charge in [-0.25, -0.2) is 4.98 Å². The first-order valence-electron chi connectivity index (χ1n) is 6.94. The molecule has 0 N–H and O–H groups in total. The molecule has 3 rings (SSSR count). The Kier molecular flexibility index (Phi) is 3.89. The third-order valence-corrected chi connectivity index (χ3v) is 4.55. The predicted octanol–water partition coefficient (Wildman–Crippen LogP) is 2.43. The second-order valence-electron chi connectivity index (χ2n) is 5.38. The fourth-order valence-corrected chi connectivity index (χ4v) is 3.52. The monoisotopic (exact) mass is 340 g/mol. The summed E-state index contributed by atoms with van der Waals surface area (Å²) in [5, 5.41) is 11.2. The molecule has 0 aromatic carbocycles. The number of nitro groups is 1. The van der Waals surface area contributed by atoms with Crippen LogP contribution in [-0.2, 0) is 0 Å². The van der Waals surface area contributed by atoms with Crippen molar-refractivity contribution in [1.82, 2.24) is 9.88 Å². The molecule has 3 heterocycles. The minimum absolute atomic E-state index is 0.0887. The van der Waals surface area contributed by atoms with Crippen molar-refractivity contribution >= 4 is 27.4 Å². The second-order valence-corrected chi connectivity index (χ2v) is 6.30. The first-order valence-corrected chi connectivity index (χ1v) is 7.73. The lowest BCUT2D eigenvalue weighted by atomic mass is 10.2. The third-order valence-electron chi connectivity index (χ3n) is 4.11. The molecule has 6 nitrogen and oxygen atoms in total. The minimum Gasteiger partial charge on any atom is -0.349 e. The highest BCUT2D eigenvalue weighted by Gasteiger charge is 2.31. The van der Waals surface area contributed by atoms with Crippen molar-refractivity contribution < 1.29 is 4.92 Å². The molecular formula is C13H17BrN4O2. The molecule has 1 atom stereocenters. The maximum atomic E-state index is 11.2. The van der Waals surface area contributed by atoms with E-state index < -0.39 is 0 Å². The lowest BCUT2D eigenvalue weighted by Gasteiger charge is -2.26. The molecule has 1 aromatic rings. The molecule has 1 unspecified atom stereocenters. The summed E-state index contributed by atoms with van der Waals surface area (Å²) in [5.41, 5.74) is 0.0887. The molecule has 0 saturated carbocycles. The standard InChI is InChI=1S/C13H17BrN4O2/c14-10-7-12(18(19)20)13(15-8-10)17-6-2-5-16-4-1-3-11(16)9-17/h7-8,11H,1-6,9H2. The minimum atomic E-state index is -0.343. The van der Waals surface area contributed by atoms with Gasteiger partial charge in [-0.1, -0.05) is 0 Å². The van der Waals surface area contributed by atoms with Gasteiger partial charge in [-0.3, -0.25) is 15.0 Å². The van der Waals surface area contributed by atoms with Crippen LogP contribution in [-0.4, -0.2) is 47.0 Å². The quantitative estimate of drug-likeness (QED) is 0.611. The van der Waals surface area contributed by atoms with Crippen LogP contribution < -0.4 is 4.90 Å². The van der Waals surface area contributed by atoms with Crippen molar-refractivity contribution in [2.45, 2.75) is 25.3 Å². The van der Waals surface area contributed by atoms with E-state index >= 15 is 0 Å². The number of anilines is 1. The smallest absolute Gasteiger partial charge is 0.312 e. The topological polar surface area (TPSA) is 62.5 Å². The molecule has 2 aliphatic heterocycles. The van der Waals surface area contributed by atoms with Crippen molar-refractivity contribution in [3.05, 3.63) is 26.9 Å². The zero-order valence-electron chi connectivity index (χ0n) is 11.2. The van der Waals surface area contributed by atoms with Gasteiger partial charge in [-0.05, 0) is 41.7 Å². The molecule has 0 aliphatic carbocycles. The number of nitrogens with zero attached hydrogens (tertiary/aromatic N) is 4. The van der Waals surface area contributed by atoms with Crippen LogP contribution in [0.2, 0.25) is 0 Å². The number of hydrogen-bond acceptors (Lipinski definition) is 5. The largest absolute Gasteiger partial charge is 0.349 e. The Morgan fingerprint density at radius 2 is 2.15 bits per heavy atom. The van der Waals surface area contributed by atoms with Gasteiger partial charge in [0.25, 0.3) is 0 Å². The summed E-state index contributed by atoms with van der Waals surface area (Å²) in [6.45, 7) is 3.93. The van der Waals surface area contributed by atoms with Crippen LogP contribution in [0.1, 0.15) is 19.3 Å². The molecular weight excluding hydrogens is 324 g/mol. The summed E-state index contributed by atoms with van der Waals surface area (Å²) in [6.07, 6.45) is 5.08. The highest BCUT2D eigenvalue weighted by atomic mass is 79.9. The van der Waals surface area contributed by atoms with E-state index in [1.54, 1.807) is 12.3 Å². The van der Waals surface area contributed by atoms with Crippen molar-refractivity contribution in [1.29, 1.82) is 0 Å². The fraction of sp³-hybridized carbons (Fsp3) is 0.615. The van der Waals surface area contributed by atoms with E-state index in [4.69, 9.17) is 0 Å². The first-order chi connectivity index (χ1) is 9.65. The lowest BCUT2D eigenvalue weighted by molar-refractivity contribution is -0.384. The molecule has 0 bridgehead atoms. The fourth-order valence-electron chi connectivity index (χ4n) is 3.20. The van der Waals surface area contributed by atoms with Crippen LogP contribution >= 0.6 is 15.9 Å². The van der Waals surface area contributed by atoms with Crippen LogP contribution in [0.3, 0.4) is 0 Å². The van der Waals surface area contributed by atoms with Gasteiger partial charge >= 0.3 is 5.69 Å². The maximum Gasteiger partial charge on any atom is 0.312 e. The summed E-state index contributed by atoms with van der Waals surface area (Å²) in [7, 11) is 0. The summed E-state index contributed by atoms with van der Waals surface area (Å²) in [6, 6.07) is 2.06. The number of pyridine rings is 1. The Balaban J connectivity index is 1.89. The van der Waals surface area contributed by atoms with Gasteiger partial charge in [0.2, 0.25) is 5.82 Å². The van der Waals surface area contributed by atoms with Crippen molar-refractivity contribution in [3.8, 4) is 0 Å². The van der Waals surface area contributed by atoms with Gasteiger partial charge in [0.1, 0.15) is 0 Å². The van der Waals surface area contributed by atoms with Crippen LogP contribution in [0, 0.1) is 10.1 Å². The average molecular weight is 341 g/mol. The van der Waals surface area contributed by atoms with E-state index in [0.29, 0.717) is 16.3 Å². The van der Waals surface area contributed by atoms with Gasteiger partial charge < -0.3 is 4.90 Å². The van der Waals surface area contributed by atoms with Crippen molar-refractivity contribution in [3.63, 3.8) is 0 Å². The Labute approximate surface area is 126 Å². The Morgan fingerprint density at radius 3 is 2.95 bits per heavy atom. The Morgan fingerprint density at radius 1 is 1.35 bits per heavy atom.